The fourth-order valence-corrected chi connectivity index (χ4v) is 5.42. The van der Waals surface area contributed by atoms with E-state index in [9.17, 15) is 4.79 Å². The molecule has 10 nitrogen and oxygen atoms in total. The molecule has 0 saturated carbocycles. The fraction of sp³-hybridized carbons (Fsp3) is 0.344. The molecule has 1 aliphatic heterocycles. The number of rotatable bonds is 13. The number of aromatic nitrogens is 2. The zero-order valence-corrected chi connectivity index (χ0v) is 26.5. The third kappa shape index (κ3) is 7.77. The van der Waals surface area contributed by atoms with Crippen molar-refractivity contribution in [2.75, 3.05) is 38.3 Å². The molecule has 1 aliphatic rings. The predicted molar refractivity (Wildman–Crippen MR) is 168 cm³/mol. The van der Waals surface area contributed by atoms with Crippen LogP contribution in [0.4, 0.5) is 19.3 Å². The average molecular weight is 636 g/mol. The summed E-state index contributed by atoms with van der Waals surface area (Å²) in [4.78, 5) is 16.9. The molecule has 1 saturated heterocycles. The van der Waals surface area contributed by atoms with Crippen LogP contribution in [0.3, 0.4) is 0 Å². The van der Waals surface area contributed by atoms with Crippen molar-refractivity contribution in [1.82, 2.24) is 14.9 Å². The van der Waals surface area contributed by atoms with E-state index in [1.54, 1.807) is 12.1 Å². The highest BCUT2D eigenvalue weighted by atomic mass is 28.3. The minimum Gasteiger partial charge on any atom is -0.479 e. The number of ether oxygens (including phenoxy) is 4. The van der Waals surface area contributed by atoms with Gasteiger partial charge in [-0.2, -0.15) is 5.26 Å². The molecule has 0 unspecified atom stereocenters. The SMILES string of the molecule is C[SiH](C)CCOCn1cc(-c2ccc(OCC#N)cc2)c2c(Oc3c(F)cc(NC(=O)NCC4(C)COC4)cc3F)ccnc21. The van der Waals surface area contributed by atoms with E-state index in [1.807, 2.05) is 35.9 Å². The van der Waals surface area contributed by atoms with Gasteiger partial charge in [-0.05, 0) is 29.8 Å². The molecular formula is C32H35F2N5O5Si. The van der Waals surface area contributed by atoms with E-state index >= 15 is 8.78 Å². The third-order valence-electron chi connectivity index (χ3n) is 7.30. The van der Waals surface area contributed by atoms with Crippen LogP contribution >= 0.6 is 0 Å². The van der Waals surface area contributed by atoms with Crippen molar-refractivity contribution in [2.45, 2.75) is 32.8 Å². The highest BCUT2D eigenvalue weighted by molar-refractivity contribution is 6.55. The van der Waals surface area contributed by atoms with Gasteiger partial charge in [0, 0.05) is 63.1 Å². The number of hydrogen-bond acceptors (Lipinski definition) is 7. The molecule has 0 aliphatic carbocycles. The summed E-state index contributed by atoms with van der Waals surface area (Å²) in [6.45, 7) is 8.67. The van der Waals surface area contributed by atoms with Crippen LogP contribution in [-0.2, 0) is 16.2 Å². The molecular weight excluding hydrogens is 600 g/mol. The molecule has 2 aromatic heterocycles. The van der Waals surface area contributed by atoms with Crippen LogP contribution in [0.2, 0.25) is 19.1 Å². The number of benzene rings is 2. The van der Waals surface area contributed by atoms with Gasteiger partial charge in [-0.1, -0.05) is 32.2 Å². The Bertz CT molecular complexity index is 1680. The normalized spacial score (nSPS) is 13.7. The van der Waals surface area contributed by atoms with Crippen LogP contribution in [0, 0.1) is 28.4 Å². The van der Waals surface area contributed by atoms with Gasteiger partial charge >= 0.3 is 6.03 Å². The molecule has 2 aromatic carbocycles. The van der Waals surface area contributed by atoms with Crippen LogP contribution in [0.25, 0.3) is 22.2 Å². The minimum atomic E-state index is -0.990. The van der Waals surface area contributed by atoms with Gasteiger partial charge in [0.1, 0.15) is 29.9 Å². The Morgan fingerprint density at radius 2 is 1.91 bits per heavy atom. The summed E-state index contributed by atoms with van der Waals surface area (Å²) >= 11 is 0. The first kappa shape index (κ1) is 31.9. The topological polar surface area (TPSA) is 120 Å². The summed E-state index contributed by atoms with van der Waals surface area (Å²) in [7, 11) is -0.787. The number of halogens is 2. The Hall–Kier alpha value is -4.51. The molecule has 0 radical (unpaired) electrons. The van der Waals surface area contributed by atoms with Crippen LogP contribution < -0.4 is 20.1 Å². The lowest BCUT2D eigenvalue weighted by Gasteiger charge is -2.37. The molecule has 45 heavy (non-hydrogen) atoms. The van der Waals surface area contributed by atoms with Gasteiger partial charge in [-0.25, -0.2) is 18.6 Å². The molecule has 3 heterocycles. The van der Waals surface area contributed by atoms with E-state index in [1.165, 1.54) is 12.3 Å². The predicted octanol–water partition coefficient (Wildman–Crippen LogP) is 6.29. The summed E-state index contributed by atoms with van der Waals surface area (Å²) < 4.78 is 54.8. The lowest BCUT2D eigenvalue weighted by molar-refractivity contribution is -0.0974. The standard InChI is InChI=1S/C32H35F2N5O5Si/c1-32(18-42-19-32)17-37-31(40)38-22-14-25(33)29(26(34)15-22)44-27-8-10-36-30-28(27)24(16-39(30)20-41-12-13-45(2)3)21-4-6-23(7-5-21)43-11-9-35/h4-8,10,14-16,45H,11-13,17-20H2,1-3H3,(H2,37,38,40). The van der Waals surface area contributed by atoms with Gasteiger partial charge < -0.3 is 34.1 Å². The van der Waals surface area contributed by atoms with Crippen LogP contribution in [0.1, 0.15) is 6.92 Å². The molecule has 5 rings (SSSR count). The van der Waals surface area contributed by atoms with Crippen molar-refractivity contribution in [3.63, 3.8) is 0 Å². The van der Waals surface area contributed by atoms with E-state index in [-0.39, 0.29) is 30.2 Å². The van der Waals surface area contributed by atoms with Gasteiger partial charge in [0.2, 0.25) is 0 Å². The molecule has 1 fully saturated rings. The monoisotopic (exact) mass is 635 g/mol. The molecule has 0 spiro atoms. The second-order valence-electron chi connectivity index (χ2n) is 11.7. The Labute approximate surface area is 261 Å². The Morgan fingerprint density at radius 1 is 1.18 bits per heavy atom. The number of pyridine rings is 1. The Kier molecular flexibility index (Phi) is 9.97. The highest BCUT2D eigenvalue weighted by Crippen LogP contribution is 2.40. The maximum Gasteiger partial charge on any atom is 0.319 e. The van der Waals surface area contributed by atoms with Gasteiger partial charge in [-0.15, -0.1) is 0 Å². The van der Waals surface area contributed by atoms with E-state index in [4.69, 9.17) is 24.2 Å². The smallest absolute Gasteiger partial charge is 0.319 e. The average Bonchev–Trinajstić information content (AvgIpc) is 3.37. The number of nitriles is 1. The Balaban J connectivity index is 1.42. The largest absolute Gasteiger partial charge is 0.479 e. The fourth-order valence-electron chi connectivity index (χ4n) is 4.78. The first-order chi connectivity index (χ1) is 21.7. The number of fused-ring (bicyclic) bond motifs is 1. The van der Waals surface area contributed by atoms with Crippen molar-refractivity contribution in [3.8, 4) is 34.4 Å². The number of carbonyl (C=O) groups excluding carboxylic acids is 1. The van der Waals surface area contributed by atoms with Crippen molar-refractivity contribution in [1.29, 1.82) is 5.26 Å². The molecule has 13 heteroatoms. The third-order valence-corrected chi connectivity index (χ3v) is 8.69. The summed E-state index contributed by atoms with van der Waals surface area (Å²) in [6.07, 6.45) is 3.36. The molecule has 0 bridgehead atoms. The highest BCUT2D eigenvalue weighted by Gasteiger charge is 2.33. The van der Waals surface area contributed by atoms with Crippen molar-refractivity contribution >= 4 is 31.5 Å². The van der Waals surface area contributed by atoms with E-state index in [0.717, 1.165) is 23.7 Å². The molecule has 4 aromatic rings. The number of hydrogen-bond donors (Lipinski definition) is 2. The van der Waals surface area contributed by atoms with E-state index in [2.05, 4.69) is 28.7 Å². The quantitative estimate of drug-likeness (QED) is 0.131. The number of nitrogens with zero attached hydrogens (tertiary/aromatic N) is 3. The maximum atomic E-state index is 15.3. The molecule has 0 atom stereocenters. The minimum absolute atomic E-state index is 0.0584. The number of carbonyl (C=O) groups is 1. The first-order valence-electron chi connectivity index (χ1n) is 14.6. The second kappa shape index (κ2) is 14.1. The molecule has 2 N–H and O–H groups in total. The zero-order chi connectivity index (χ0) is 32.0. The maximum absolute atomic E-state index is 15.3. The number of urea groups is 1. The lowest BCUT2D eigenvalue weighted by Crippen LogP contribution is -2.49. The van der Waals surface area contributed by atoms with E-state index in [0.29, 0.717) is 48.7 Å². The zero-order valence-electron chi connectivity index (χ0n) is 25.4. The van der Waals surface area contributed by atoms with Crippen LogP contribution in [-0.4, -0.2) is 57.4 Å². The van der Waals surface area contributed by atoms with Crippen LogP contribution in [0.5, 0.6) is 17.2 Å². The number of anilines is 1. The summed E-state index contributed by atoms with van der Waals surface area (Å²) in [5, 5.41) is 14.5. The van der Waals surface area contributed by atoms with Crippen molar-refractivity contribution in [2.24, 2.45) is 5.41 Å². The van der Waals surface area contributed by atoms with Gasteiger partial charge in [0.15, 0.2) is 24.0 Å². The van der Waals surface area contributed by atoms with Gasteiger partial charge in [-0.3, -0.25) is 0 Å². The molecule has 2 amide bonds. The number of amides is 2. The van der Waals surface area contributed by atoms with Crippen molar-refractivity contribution < 1.29 is 32.5 Å². The summed E-state index contributed by atoms with van der Waals surface area (Å²) in [6, 6.07) is 13.0. The van der Waals surface area contributed by atoms with Gasteiger partial charge in [0.05, 0.1) is 18.6 Å². The summed E-state index contributed by atoms with van der Waals surface area (Å²) in [5.41, 5.74) is 1.76. The first-order valence-corrected chi connectivity index (χ1v) is 17.7. The van der Waals surface area contributed by atoms with E-state index < -0.39 is 32.2 Å². The van der Waals surface area contributed by atoms with Crippen LogP contribution in [0.15, 0.2) is 54.9 Å². The number of nitrogens with one attached hydrogen (secondary N) is 2. The lowest BCUT2D eigenvalue weighted by atomic mass is 9.89. The van der Waals surface area contributed by atoms with Crippen molar-refractivity contribution in [3.05, 3.63) is 66.5 Å². The Morgan fingerprint density at radius 3 is 2.56 bits per heavy atom. The molecule has 236 valence electrons. The second-order valence-corrected chi connectivity index (χ2v) is 15.1. The van der Waals surface area contributed by atoms with Gasteiger partial charge in [0.25, 0.3) is 0 Å². The summed E-state index contributed by atoms with van der Waals surface area (Å²) in [5.74, 6) is -1.89.